The number of alkyl halides is 1. The predicted molar refractivity (Wildman–Crippen MR) is 87.7 cm³/mol. The molecule has 0 amide bonds. The van der Waals surface area contributed by atoms with E-state index in [0.717, 1.165) is 15.8 Å². The molecule has 0 aliphatic heterocycles. The normalized spacial score (nSPS) is 12.3. The average Bonchev–Trinajstić information content (AvgIpc) is 2.41. The van der Waals surface area contributed by atoms with Crippen LogP contribution in [0.5, 0.6) is 5.75 Å². The zero-order valence-electron chi connectivity index (χ0n) is 10.6. The number of methoxy groups -OCH3 is 1. The van der Waals surface area contributed by atoms with Crippen molar-refractivity contribution in [3.8, 4) is 5.75 Å². The first kappa shape index (κ1) is 14.9. The van der Waals surface area contributed by atoms with Crippen molar-refractivity contribution >= 4 is 43.5 Å². The van der Waals surface area contributed by atoms with Crippen LogP contribution in [0.15, 0.2) is 40.9 Å². The molecule has 0 fully saturated rings. The molecule has 0 spiro atoms. The topological polar surface area (TPSA) is 9.23 Å². The number of benzene rings is 2. The summed E-state index contributed by atoms with van der Waals surface area (Å²) in [7, 11) is 1.63. The predicted octanol–water partition coefficient (Wildman–Crippen LogP) is 5.90. The fourth-order valence-electron chi connectivity index (χ4n) is 1.91. The molecule has 100 valence electrons. The van der Waals surface area contributed by atoms with Crippen molar-refractivity contribution in [1.29, 1.82) is 0 Å². The van der Waals surface area contributed by atoms with Gasteiger partial charge in [-0.25, -0.2) is 0 Å². The molecule has 0 N–H and O–H groups in total. The van der Waals surface area contributed by atoms with Crippen LogP contribution in [0, 0.1) is 6.92 Å². The molecule has 4 heteroatoms. The lowest BCUT2D eigenvalue weighted by molar-refractivity contribution is 0.414. The summed E-state index contributed by atoms with van der Waals surface area (Å²) >= 11 is 13.6. The molecule has 0 aromatic heterocycles. The molecule has 0 saturated heterocycles. The van der Waals surface area contributed by atoms with E-state index in [9.17, 15) is 0 Å². The van der Waals surface area contributed by atoms with Gasteiger partial charge in [0.2, 0.25) is 0 Å². The Labute approximate surface area is 135 Å². The second kappa shape index (κ2) is 6.29. The van der Waals surface area contributed by atoms with Crippen molar-refractivity contribution in [1.82, 2.24) is 0 Å². The molecule has 0 radical (unpaired) electrons. The summed E-state index contributed by atoms with van der Waals surface area (Å²) in [5, 5.41) is 0.695. The molecule has 0 aliphatic carbocycles. The van der Waals surface area contributed by atoms with Gasteiger partial charge >= 0.3 is 0 Å². The average molecular weight is 405 g/mol. The third kappa shape index (κ3) is 3.15. The number of halogens is 3. The second-order valence-electron chi connectivity index (χ2n) is 4.20. The molecular weight excluding hydrogens is 391 g/mol. The Morgan fingerprint density at radius 3 is 2.53 bits per heavy atom. The lowest BCUT2D eigenvalue weighted by Gasteiger charge is -2.16. The van der Waals surface area contributed by atoms with Gasteiger partial charge in [-0.3, -0.25) is 0 Å². The monoisotopic (exact) mass is 402 g/mol. The highest BCUT2D eigenvalue weighted by atomic mass is 79.9. The van der Waals surface area contributed by atoms with E-state index < -0.39 is 0 Å². The minimum Gasteiger partial charge on any atom is -0.497 e. The van der Waals surface area contributed by atoms with Gasteiger partial charge in [-0.15, -0.1) is 0 Å². The SMILES string of the molecule is COc1ccc(C(Br)c2cccc(Br)c2C)c(Cl)c1. The van der Waals surface area contributed by atoms with E-state index in [0.29, 0.717) is 5.02 Å². The van der Waals surface area contributed by atoms with E-state index in [4.69, 9.17) is 16.3 Å². The number of hydrogen-bond donors (Lipinski definition) is 0. The van der Waals surface area contributed by atoms with Crippen molar-refractivity contribution < 1.29 is 4.74 Å². The molecular formula is C15H13Br2ClO. The van der Waals surface area contributed by atoms with Crippen LogP contribution in [0.25, 0.3) is 0 Å². The zero-order valence-corrected chi connectivity index (χ0v) is 14.5. The summed E-state index contributed by atoms with van der Waals surface area (Å²) in [5.74, 6) is 0.763. The molecule has 0 aliphatic rings. The first-order valence-electron chi connectivity index (χ1n) is 5.77. The van der Waals surface area contributed by atoms with Crippen LogP contribution in [0.3, 0.4) is 0 Å². The Kier molecular flexibility index (Phi) is 4.93. The van der Waals surface area contributed by atoms with Crippen LogP contribution in [-0.4, -0.2) is 7.11 Å². The van der Waals surface area contributed by atoms with Crippen LogP contribution < -0.4 is 4.74 Å². The highest BCUT2D eigenvalue weighted by molar-refractivity contribution is 9.10. The Hall–Kier alpha value is -0.510. The lowest BCUT2D eigenvalue weighted by Crippen LogP contribution is -1.98. The van der Waals surface area contributed by atoms with Gasteiger partial charge in [-0.2, -0.15) is 0 Å². The van der Waals surface area contributed by atoms with Crippen LogP contribution >= 0.6 is 43.5 Å². The molecule has 1 nitrogen and oxygen atoms in total. The maximum atomic E-state index is 6.32. The molecule has 1 atom stereocenters. The van der Waals surface area contributed by atoms with Crippen molar-refractivity contribution in [2.75, 3.05) is 7.11 Å². The van der Waals surface area contributed by atoms with E-state index >= 15 is 0 Å². The van der Waals surface area contributed by atoms with Gasteiger partial charge in [0.15, 0.2) is 0 Å². The summed E-state index contributed by atoms with van der Waals surface area (Å²) in [6.45, 7) is 2.09. The number of ether oxygens (including phenoxy) is 1. The quantitative estimate of drug-likeness (QED) is 0.579. The van der Waals surface area contributed by atoms with Gasteiger partial charge in [0.05, 0.1) is 11.9 Å². The van der Waals surface area contributed by atoms with Gasteiger partial charge in [0.25, 0.3) is 0 Å². The van der Waals surface area contributed by atoms with Crippen molar-refractivity contribution in [2.24, 2.45) is 0 Å². The minimum absolute atomic E-state index is 0.0587. The minimum atomic E-state index is 0.0587. The van der Waals surface area contributed by atoms with Crippen molar-refractivity contribution in [3.05, 3.63) is 62.6 Å². The Balaban J connectivity index is 2.44. The highest BCUT2D eigenvalue weighted by Crippen LogP contribution is 2.39. The molecule has 2 aromatic rings. The molecule has 1 unspecified atom stereocenters. The Bertz CT molecular complexity index is 599. The third-order valence-electron chi connectivity index (χ3n) is 3.06. The van der Waals surface area contributed by atoms with Crippen molar-refractivity contribution in [2.45, 2.75) is 11.8 Å². The highest BCUT2D eigenvalue weighted by Gasteiger charge is 2.17. The summed E-state index contributed by atoms with van der Waals surface area (Å²) in [6.07, 6.45) is 0. The summed E-state index contributed by atoms with van der Waals surface area (Å²) in [5.41, 5.74) is 3.43. The zero-order chi connectivity index (χ0) is 14.0. The fourth-order valence-corrected chi connectivity index (χ4v) is 3.59. The van der Waals surface area contributed by atoms with Gasteiger partial charge in [0, 0.05) is 9.50 Å². The molecule has 0 heterocycles. The van der Waals surface area contributed by atoms with E-state index in [1.165, 1.54) is 11.1 Å². The van der Waals surface area contributed by atoms with E-state index in [-0.39, 0.29) is 4.83 Å². The Morgan fingerprint density at radius 2 is 1.89 bits per heavy atom. The number of hydrogen-bond acceptors (Lipinski definition) is 1. The maximum Gasteiger partial charge on any atom is 0.120 e. The molecule has 0 saturated carbocycles. The fraction of sp³-hybridized carbons (Fsp3) is 0.200. The van der Waals surface area contributed by atoms with Crippen LogP contribution in [0.2, 0.25) is 5.02 Å². The molecule has 0 bridgehead atoms. The molecule has 2 aromatic carbocycles. The Morgan fingerprint density at radius 1 is 1.16 bits per heavy atom. The third-order valence-corrected chi connectivity index (χ3v) is 5.24. The summed E-state index contributed by atoms with van der Waals surface area (Å²) in [6, 6.07) is 11.9. The molecule has 19 heavy (non-hydrogen) atoms. The first-order valence-corrected chi connectivity index (χ1v) is 7.85. The summed E-state index contributed by atoms with van der Waals surface area (Å²) in [4.78, 5) is 0.0587. The lowest BCUT2D eigenvalue weighted by atomic mass is 10.0. The first-order chi connectivity index (χ1) is 9.04. The largest absolute Gasteiger partial charge is 0.497 e. The van der Waals surface area contributed by atoms with Crippen LogP contribution in [0.4, 0.5) is 0 Å². The van der Waals surface area contributed by atoms with E-state index in [1.807, 2.05) is 30.3 Å². The second-order valence-corrected chi connectivity index (χ2v) is 6.38. The van der Waals surface area contributed by atoms with Gasteiger partial charge in [-0.05, 0) is 41.8 Å². The standard InChI is InChI=1S/C15H13Br2ClO/c1-9-11(4-3-5-13(9)16)15(17)12-7-6-10(19-2)8-14(12)18/h3-8,15H,1-2H3. The number of rotatable bonds is 3. The van der Waals surface area contributed by atoms with Gasteiger partial charge in [0.1, 0.15) is 5.75 Å². The molecule has 2 rings (SSSR count). The van der Waals surface area contributed by atoms with Crippen LogP contribution in [0.1, 0.15) is 21.5 Å². The van der Waals surface area contributed by atoms with Gasteiger partial charge < -0.3 is 4.74 Å². The van der Waals surface area contributed by atoms with Crippen molar-refractivity contribution in [3.63, 3.8) is 0 Å². The van der Waals surface area contributed by atoms with E-state index in [1.54, 1.807) is 7.11 Å². The van der Waals surface area contributed by atoms with Crippen LogP contribution in [-0.2, 0) is 0 Å². The van der Waals surface area contributed by atoms with Gasteiger partial charge in [-0.1, -0.05) is 61.7 Å². The van der Waals surface area contributed by atoms with E-state index in [2.05, 4.69) is 44.8 Å². The maximum absolute atomic E-state index is 6.32. The smallest absolute Gasteiger partial charge is 0.120 e. The summed E-state index contributed by atoms with van der Waals surface area (Å²) < 4.78 is 6.27.